The van der Waals surface area contributed by atoms with Crippen LogP contribution >= 0.6 is 23.4 Å². The van der Waals surface area contributed by atoms with Crippen LogP contribution in [0.5, 0.6) is 0 Å². The van der Waals surface area contributed by atoms with Crippen molar-refractivity contribution in [1.82, 2.24) is 0 Å². The maximum Gasteiger partial charge on any atom is 0.337 e. The van der Waals surface area contributed by atoms with E-state index in [9.17, 15) is 14.4 Å². The van der Waals surface area contributed by atoms with E-state index in [1.807, 2.05) is 37.3 Å². The number of aryl methyl sites for hydroxylation is 1. The minimum atomic E-state index is -1.16. The lowest BCUT2D eigenvalue weighted by Crippen LogP contribution is -2.14. The second-order valence-electron chi connectivity index (χ2n) is 6.68. The number of nitrogens with one attached hydrogen (secondary N) is 2. The van der Waals surface area contributed by atoms with Crippen molar-refractivity contribution in [3.05, 3.63) is 88.4 Å². The van der Waals surface area contributed by atoms with E-state index in [1.165, 1.54) is 23.9 Å². The SMILES string of the molecule is Cc1cccc(C(=O)Nc2ccc(SCC(=O)Nc3ccc(Cl)c(C(=O)O)c3)cc2)c1. The molecule has 3 aromatic rings. The lowest BCUT2D eigenvalue weighted by atomic mass is 10.1. The van der Waals surface area contributed by atoms with Crippen LogP contribution in [0.15, 0.2) is 71.6 Å². The quantitative estimate of drug-likeness (QED) is 0.419. The normalized spacial score (nSPS) is 10.4. The summed E-state index contributed by atoms with van der Waals surface area (Å²) in [7, 11) is 0. The molecule has 0 bridgehead atoms. The number of hydrogen-bond donors (Lipinski definition) is 3. The first kappa shape index (κ1) is 22.4. The number of carboxylic acids is 1. The average molecular weight is 455 g/mol. The van der Waals surface area contributed by atoms with Crippen molar-refractivity contribution in [2.24, 2.45) is 0 Å². The van der Waals surface area contributed by atoms with Gasteiger partial charge in [0, 0.05) is 21.8 Å². The van der Waals surface area contributed by atoms with Crippen molar-refractivity contribution in [3.63, 3.8) is 0 Å². The van der Waals surface area contributed by atoms with Crippen molar-refractivity contribution >= 4 is 52.5 Å². The number of aromatic carboxylic acids is 1. The van der Waals surface area contributed by atoms with Gasteiger partial charge in [-0.1, -0.05) is 29.3 Å². The number of carbonyl (C=O) groups is 3. The van der Waals surface area contributed by atoms with Crippen molar-refractivity contribution in [3.8, 4) is 0 Å². The molecule has 3 rings (SSSR count). The van der Waals surface area contributed by atoms with E-state index in [4.69, 9.17) is 16.7 Å². The summed E-state index contributed by atoms with van der Waals surface area (Å²) < 4.78 is 0. The second-order valence-corrected chi connectivity index (χ2v) is 8.14. The van der Waals surface area contributed by atoms with Gasteiger partial charge in [0.05, 0.1) is 16.3 Å². The third-order valence-corrected chi connectivity index (χ3v) is 5.58. The van der Waals surface area contributed by atoms with Gasteiger partial charge in [0.25, 0.3) is 5.91 Å². The van der Waals surface area contributed by atoms with Gasteiger partial charge in [-0.15, -0.1) is 11.8 Å². The molecule has 0 saturated heterocycles. The maximum absolute atomic E-state index is 12.3. The van der Waals surface area contributed by atoms with Crippen LogP contribution in [0.2, 0.25) is 5.02 Å². The Bertz CT molecular complexity index is 1130. The summed E-state index contributed by atoms with van der Waals surface area (Å²) in [5.41, 5.74) is 2.54. The number of carbonyl (C=O) groups excluding carboxylic acids is 2. The van der Waals surface area contributed by atoms with Gasteiger partial charge < -0.3 is 15.7 Å². The van der Waals surface area contributed by atoms with Crippen LogP contribution < -0.4 is 10.6 Å². The largest absolute Gasteiger partial charge is 0.478 e. The van der Waals surface area contributed by atoms with Crippen LogP contribution in [0.3, 0.4) is 0 Å². The Balaban J connectivity index is 1.53. The monoisotopic (exact) mass is 454 g/mol. The Morgan fingerprint density at radius 2 is 1.65 bits per heavy atom. The molecule has 0 heterocycles. The molecule has 0 aliphatic rings. The van der Waals surface area contributed by atoms with Crippen molar-refractivity contribution in [2.75, 3.05) is 16.4 Å². The minimum Gasteiger partial charge on any atom is -0.478 e. The molecule has 0 unspecified atom stereocenters. The number of hydrogen-bond acceptors (Lipinski definition) is 4. The Morgan fingerprint density at radius 3 is 2.32 bits per heavy atom. The molecule has 6 nitrogen and oxygen atoms in total. The van der Waals surface area contributed by atoms with Gasteiger partial charge in [-0.05, 0) is 61.5 Å². The van der Waals surface area contributed by atoms with Crippen molar-refractivity contribution in [2.45, 2.75) is 11.8 Å². The van der Waals surface area contributed by atoms with E-state index >= 15 is 0 Å². The second kappa shape index (κ2) is 10.1. The Labute approximate surface area is 188 Å². The average Bonchev–Trinajstić information content (AvgIpc) is 2.74. The first-order valence-corrected chi connectivity index (χ1v) is 10.6. The highest BCUT2D eigenvalue weighted by molar-refractivity contribution is 8.00. The molecule has 0 radical (unpaired) electrons. The summed E-state index contributed by atoms with van der Waals surface area (Å²) in [6.07, 6.45) is 0. The summed E-state index contributed by atoms with van der Waals surface area (Å²) >= 11 is 7.15. The molecule has 0 aliphatic carbocycles. The zero-order chi connectivity index (χ0) is 22.4. The summed E-state index contributed by atoms with van der Waals surface area (Å²) in [6.45, 7) is 1.93. The molecule has 0 atom stereocenters. The van der Waals surface area contributed by atoms with E-state index in [0.717, 1.165) is 10.5 Å². The van der Waals surface area contributed by atoms with Crippen molar-refractivity contribution < 1.29 is 19.5 Å². The van der Waals surface area contributed by atoms with Crippen molar-refractivity contribution in [1.29, 1.82) is 0 Å². The Hall–Kier alpha value is -3.29. The molecule has 8 heteroatoms. The van der Waals surface area contributed by atoms with Gasteiger partial charge in [0.2, 0.25) is 5.91 Å². The lowest BCUT2D eigenvalue weighted by Gasteiger charge is -2.08. The van der Waals surface area contributed by atoms with Gasteiger partial charge in [-0.3, -0.25) is 9.59 Å². The van der Waals surface area contributed by atoms with Crippen LogP contribution in [0.1, 0.15) is 26.3 Å². The number of rotatable bonds is 7. The third-order valence-electron chi connectivity index (χ3n) is 4.24. The molecular weight excluding hydrogens is 436 g/mol. The molecule has 31 heavy (non-hydrogen) atoms. The standard InChI is InChI=1S/C23H19ClN2O4S/c1-14-3-2-4-15(11-14)22(28)26-16-5-8-18(9-6-16)31-13-21(27)25-17-7-10-20(24)19(12-17)23(29)30/h2-12H,13H2,1H3,(H,25,27)(H,26,28)(H,29,30). The minimum absolute atomic E-state index is 0.0737. The van der Waals surface area contributed by atoms with E-state index < -0.39 is 5.97 Å². The predicted molar refractivity (Wildman–Crippen MR) is 123 cm³/mol. The first-order chi connectivity index (χ1) is 14.8. The van der Waals surface area contributed by atoms with Gasteiger partial charge in [-0.25, -0.2) is 4.79 Å². The molecule has 2 amide bonds. The maximum atomic E-state index is 12.3. The summed E-state index contributed by atoms with van der Waals surface area (Å²) in [4.78, 5) is 36.5. The number of benzene rings is 3. The summed E-state index contributed by atoms with van der Waals surface area (Å²) in [5, 5.41) is 14.7. The highest BCUT2D eigenvalue weighted by Gasteiger charge is 2.11. The molecule has 3 aromatic carbocycles. The Kier molecular flexibility index (Phi) is 7.33. The Morgan fingerprint density at radius 1 is 0.935 bits per heavy atom. The number of thioether (sulfide) groups is 1. The number of amides is 2. The third kappa shape index (κ3) is 6.34. The highest BCUT2D eigenvalue weighted by Crippen LogP contribution is 2.23. The number of halogens is 1. The van der Waals surface area contributed by atoms with Crippen LogP contribution in [-0.2, 0) is 4.79 Å². The van der Waals surface area contributed by atoms with E-state index in [0.29, 0.717) is 16.9 Å². The van der Waals surface area contributed by atoms with Gasteiger partial charge in [-0.2, -0.15) is 0 Å². The molecule has 0 aliphatic heterocycles. The van der Waals surface area contributed by atoms with Gasteiger partial charge in [0.15, 0.2) is 0 Å². The van der Waals surface area contributed by atoms with Crippen LogP contribution in [0.4, 0.5) is 11.4 Å². The summed E-state index contributed by atoms with van der Waals surface area (Å²) in [6, 6.07) is 18.8. The number of anilines is 2. The first-order valence-electron chi connectivity index (χ1n) is 9.25. The zero-order valence-corrected chi connectivity index (χ0v) is 18.1. The fraction of sp³-hybridized carbons (Fsp3) is 0.0870. The zero-order valence-electron chi connectivity index (χ0n) is 16.5. The van der Waals surface area contributed by atoms with Gasteiger partial charge >= 0.3 is 5.97 Å². The molecule has 0 saturated carbocycles. The predicted octanol–water partition coefficient (Wildman–Crippen LogP) is 5.33. The highest BCUT2D eigenvalue weighted by atomic mass is 35.5. The smallest absolute Gasteiger partial charge is 0.337 e. The molecular formula is C23H19ClN2O4S. The summed E-state index contributed by atoms with van der Waals surface area (Å²) in [5.74, 6) is -1.49. The molecule has 158 valence electrons. The fourth-order valence-corrected chi connectivity index (χ4v) is 3.63. The van der Waals surface area contributed by atoms with E-state index in [2.05, 4.69) is 10.6 Å². The topological polar surface area (TPSA) is 95.5 Å². The molecule has 0 spiro atoms. The van der Waals surface area contributed by atoms with Crippen LogP contribution in [0.25, 0.3) is 0 Å². The van der Waals surface area contributed by atoms with Crippen LogP contribution in [0, 0.1) is 6.92 Å². The number of carboxylic acid groups (broad SMARTS) is 1. The van der Waals surface area contributed by atoms with E-state index in [1.54, 1.807) is 24.3 Å². The van der Waals surface area contributed by atoms with E-state index in [-0.39, 0.29) is 28.2 Å². The lowest BCUT2D eigenvalue weighted by molar-refractivity contribution is -0.113. The molecule has 0 fully saturated rings. The molecule has 0 aromatic heterocycles. The molecule has 3 N–H and O–H groups in total. The van der Waals surface area contributed by atoms with Gasteiger partial charge in [0.1, 0.15) is 0 Å². The van der Waals surface area contributed by atoms with Crippen LogP contribution in [-0.4, -0.2) is 28.6 Å². The fourth-order valence-electron chi connectivity index (χ4n) is 2.74.